The average molecular weight is 308 g/mol. The molecule has 1 N–H and O–H groups in total. The molecule has 1 atom stereocenters. The molecule has 2 aliphatic heterocycles. The van der Waals surface area contributed by atoms with Crippen molar-refractivity contribution < 1.29 is 14.7 Å². The first-order valence-electron chi connectivity index (χ1n) is 8.77. The minimum Gasteiger partial charge on any atom is -0.383 e. The first-order valence-corrected chi connectivity index (χ1v) is 8.77. The third kappa shape index (κ3) is 2.75. The Labute approximate surface area is 132 Å². The molecule has 2 saturated heterocycles. The molecule has 3 aliphatic rings. The molecule has 0 unspecified atom stereocenters. The lowest BCUT2D eigenvalue weighted by Gasteiger charge is -2.44. The van der Waals surface area contributed by atoms with Crippen molar-refractivity contribution in [3.63, 3.8) is 0 Å². The third-order valence-electron chi connectivity index (χ3n) is 6.25. The number of piperidine rings is 1. The summed E-state index contributed by atoms with van der Waals surface area (Å²) >= 11 is 0. The number of aliphatic hydroxyl groups is 1. The molecular formula is C17H28N2O3. The molecule has 2 heterocycles. The first kappa shape index (κ1) is 15.8. The van der Waals surface area contributed by atoms with Crippen LogP contribution in [0, 0.1) is 5.92 Å². The van der Waals surface area contributed by atoms with Crippen LogP contribution in [0.25, 0.3) is 0 Å². The van der Waals surface area contributed by atoms with Crippen molar-refractivity contribution in [2.45, 2.75) is 69.4 Å². The number of likely N-dealkylation sites (tertiary alicyclic amines) is 2. The summed E-state index contributed by atoms with van der Waals surface area (Å²) in [5.41, 5.74) is -0.0380. The Morgan fingerprint density at radius 1 is 1.18 bits per heavy atom. The lowest BCUT2D eigenvalue weighted by molar-refractivity contribution is -0.146. The van der Waals surface area contributed by atoms with Crippen LogP contribution in [-0.2, 0) is 9.59 Å². The molecule has 3 rings (SSSR count). The summed E-state index contributed by atoms with van der Waals surface area (Å²) in [5.74, 6) is 0.281. The van der Waals surface area contributed by atoms with Crippen LogP contribution in [0.3, 0.4) is 0 Å². The topological polar surface area (TPSA) is 60.9 Å². The largest absolute Gasteiger partial charge is 0.383 e. The SMILES string of the molecule is CN1C(=O)CCC12CCN(C(=O)[C@H](O)C1CCCCC1)CC2. The van der Waals surface area contributed by atoms with E-state index in [1.807, 2.05) is 16.8 Å². The van der Waals surface area contributed by atoms with Crippen molar-refractivity contribution in [3.8, 4) is 0 Å². The Kier molecular flexibility index (Phi) is 4.44. The van der Waals surface area contributed by atoms with Crippen LogP contribution in [0.1, 0.15) is 57.8 Å². The monoisotopic (exact) mass is 308 g/mol. The van der Waals surface area contributed by atoms with Crippen molar-refractivity contribution in [2.75, 3.05) is 20.1 Å². The normalized spacial score (nSPS) is 27.5. The highest BCUT2D eigenvalue weighted by Gasteiger charge is 2.46. The van der Waals surface area contributed by atoms with Gasteiger partial charge in [0.15, 0.2) is 0 Å². The van der Waals surface area contributed by atoms with Crippen molar-refractivity contribution in [2.24, 2.45) is 5.92 Å². The second-order valence-corrected chi connectivity index (χ2v) is 7.35. The zero-order chi connectivity index (χ0) is 15.7. The quantitative estimate of drug-likeness (QED) is 0.842. The van der Waals surface area contributed by atoms with Gasteiger partial charge < -0.3 is 14.9 Å². The summed E-state index contributed by atoms with van der Waals surface area (Å²) in [6, 6.07) is 0. The molecule has 22 heavy (non-hydrogen) atoms. The molecule has 3 fully saturated rings. The van der Waals surface area contributed by atoms with Gasteiger partial charge in [-0.25, -0.2) is 0 Å². The maximum Gasteiger partial charge on any atom is 0.251 e. The molecule has 1 aliphatic carbocycles. The second kappa shape index (κ2) is 6.19. The van der Waals surface area contributed by atoms with Gasteiger partial charge in [-0.05, 0) is 38.0 Å². The van der Waals surface area contributed by atoms with Gasteiger partial charge in [-0.2, -0.15) is 0 Å². The average Bonchev–Trinajstić information content (AvgIpc) is 2.84. The van der Waals surface area contributed by atoms with Crippen LogP contribution in [0.5, 0.6) is 0 Å². The predicted octanol–water partition coefficient (Wildman–Crippen LogP) is 1.54. The van der Waals surface area contributed by atoms with Crippen molar-refractivity contribution in [1.82, 2.24) is 9.80 Å². The van der Waals surface area contributed by atoms with Gasteiger partial charge in [-0.15, -0.1) is 0 Å². The summed E-state index contributed by atoms with van der Waals surface area (Å²) in [5, 5.41) is 10.4. The molecule has 5 nitrogen and oxygen atoms in total. The summed E-state index contributed by atoms with van der Waals surface area (Å²) in [7, 11) is 1.89. The number of carbonyl (C=O) groups excluding carboxylic acids is 2. The van der Waals surface area contributed by atoms with Gasteiger partial charge in [0.2, 0.25) is 5.91 Å². The highest BCUT2D eigenvalue weighted by Crippen LogP contribution is 2.38. The van der Waals surface area contributed by atoms with Crippen LogP contribution in [-0.4, -0.2) is 58.5 Å². The molecule has 1 saturated carbocycles. The van der Waals surface area contributed by atoms with Crippen LogP contribution in [0.4, 0.5) is 0 Å². The zero-order valence-corrected chi connectivity index (χ0v) is 13.6. The zero-order valence-electron chi connectivity index (χ0n) is 13.6. The van der Waals surface area contributed by atoms with Gasteiger partial charge in [-0.1, -0.05) is 19.3 Å². The maximum atomic E-state index is 12.5. The Morgan fingerprint density at radius 3 is 2.36 bits per heavy atom. The summed E-state index contributed by atoms with van der Waals surface area (Å²) in [6.45, 7) is 1.33. The highest BCUT2D eigenvalue weighted by molar-refractivity contribution is 5.82. The number of hydrogen-bond acceptors (Lipinski definition) is 3. The van der Waals surface area contributed by atoms with E-state index in [2.05, 4.69) is 0 Å². The van der Waals surface area contributed by atoms with Gasteiger partial charge in [0.25, 0.3) is 5.91 Å². The van der Waals surface area contributed by atoms with Crippen molar-refractivity contribution in [1.29, 1.82) is 0 Å². The van der Waals surface area contributed by atoms with E-state index in [0.29, 0.717) is 19.5 Å². The number of amides is 2. The lowest BCUT2D eigenvalue weighted by Crippen LogP contribution is -2.55. The van der Waals surface area contributed by atoms with E-state index in [1.165, 1.54) is 6.42 Å². The fourth-order valence-electron chi connectivity index (χ4n) is 4.51. The first-order chi connectivity index (χ1) is 10.5. The third-order valence-corrected chi connectivity index (χ3v) is 6.25. The fraction of sp³-hybridized carbons (Fsp3) is 0.882. The van der Waals surface area contributed by atoms with E-state index in [4.69, 9.17) is 0 Å². The number of nitrogens with zero attached hydrogens (tertiary/aromatic N) is 2. The molecule has 1 spiro atoms. The van der Waals surface area contributed by atoms with Crippen molar-refractivity contribution >= 4 is 11.8 Å². The van der Waals surface area contributed by atoms with E-state index in [-0.39, 0.29) is 23.3 Å². The maximum absolute atomic E-state index is 12.5. The molecule has 0 radical (unpaired) electrons. The summed E-state index contributed by atoms with van der Waals surface area (Å²) in [4.78, 5) is 28.0. The number of rotatable bonds is 2. The van der Waals surface area contributed by atoms with Gasteiger partial charge in [0.05, 0.1) is 0 Å². The molecule has 0 aromatic rings. The Bertz CT molecular complexity index is 437. The fourth-order valence-corrected chi connectivity index (χ4v) is 4.51. The minimum atomic E-state index is -0.822. The number of aliphatic hydroxyl groups excluding tert-OH is 1. The lowest BCUT2D eigenvalue weighted by atomic mass is 9.83. The molecule has 0 bridgehead atoms. The molecule has 0 aromatic carbocycles. The van der Waals surface area contributed by atoms with E-state index < -0.39 is 6.10 Å². The number of carbonyl (C=O) groups is 2. The van der Waals surface area contributed by atoms with E-state index in [1.54, 1.807) is 0 Å². The van der Waals surface area contributed by atoms with E-state index in [9.17, 15) is 14.7 Å². The van der Waals surface area contributed by atoms with Crippen LogP contribution in [0.15, 0.2) is 0 Å². The van der Waals surface area contributed by atoms with E-state index >= 15 is 0 Å². The summed E-state index contributed by atoms with van der Waals surface area (Å²) < 4.78 is 0. The van der Waals surface area contributed by atoms with Crippen LogP contribution < -0.4 is 0 Å². The molecular weight excluding hydrogens is 280 g/mol. The standard InChI is InChI=1S/C17H28N2O3/c1-18-14(20)7-8-17(18)9-11-19(12-10-17)16(22)15(21)13-5-3-2-4-6-13/h13,15,21H,2-12H2,1H3/t15-/m1/s1. The van der Waals surface area contributed by atoms with Crippen LogP contribution >= 0.6 is 0 Å². The van der Waals surface area contributed by atoms with Gasteiger partial charge in [-0.3, -0.25) is 9.59 Å². The Hall–Kier alpha value is -1.10. The Balaban J connectivity index is 1.56. The van der Waals surface area contributed by atoms with E-state index in [0.717, 1.165) is 44.9 Å². The van der Waals surface area contributed by atoms with Gasteiger partial charge in [0.1, 0.15) is 6.10 Å². The minimum absolute atomic E-state index is 0.0380. The molecule has 124 valence electrons. The molecule has 2 amide bonds. The Morgan fingerprint density at radius 2 is 1.82 bits per heavy atom. The van der Waals surface area contributed by atoms with Crippen molar-refractivity contribution in [3.05, 3.63) is 0 Å². The summed E-state index contributed by atoms with van der Waals surface area (Å²) in [6.07, 6.45) is 7.85. The molecule has 0 aromatic heterocycles. The van der Waals surface area contributed by atoms with Gasteiger partial charge in [0, 0.05) is 32.1 Å². The van der Waals surface area contributed by atoms with Crippen LogP contribution in [0.2, 0.25) is 0 Å². The highest BCUT2D eigenvalue weighted by atomic mass is 16.3. The number of hydrogen-bond donors (Lipinski definition) is 1. The second-order valence-electron chi connectivity index (χ2n) is 7.35. The molecule has 5 heteroatoms. The van der Waals surface area contributed by atoms with Gasteiger partial charge >= 0.3 is 0 Å². The predicted molar refractivity (Wildman–Crippen MR) is 83.1 cm³/mol. The smallest absolute Gasteiger partial charge is 0.251 e.